The van der Waals surface area contributed by atoms with Gasteiger partial charge in [0, 0.05) is 13.1 Å². The van der Waals surface area contributed by atoms with Gasteiger partial charge in [-0.15, -0.1) is 12.6 Å². The van der Waals surface area contributed by atoms with Crippen LogP contribution in [-0.2, 0) is 4.79 Å². The van der Waals surface area contributed by atoms with Crippen LogP contribution in [0.25, 0.3) is 0 Å². The van der Waals surface area contributed by atoms with E-state index in [1.54, 1.807) is 19.2 Å². The van der Waals surface area contributed by atoms with Crippen LogP contribution in [-0.4, -0.2) is 13.0 Å². The molecule has 0 radical (unpaired) electrons. The van der Waals surface area contributed by atoms with E-state index in [4.69, 9.17) is 0 Å². The van der Waals surface area contributed by atoms with E-state index < -0.39 is 0 Å². The quantitative estimate of drug-likeness (QED) is 0.389. The molecule has 2 nitrogen and oxygen atoms in total. The van der Waals surface area contributed by atoms with Gasteiger partial charge in [0.1, 0.15) is 0 Å². The van der Waals surface area contributed by atoms with Crippen LogP contribution in [0.3, 0.4) is 0 Å². The summed E-state index contributed by atoms with van der Waals surface area (Å²) in [6, 6.07) is 0. The number of carbonyl (C=O) groups is 1. The van der Waals surface area contributed by atoms with E-state index in [9.17, 15) is 4.79 Å². The molecule has 0 atom stereocenters. The van der Waals surface area contributed by atoms with Crippen molar-refractivity contribution in [3.05, 3.63) is 35.3 Å². The highest BCUT2D eigenvalue weighted by Gasteiger charge is 1.82. The summed E-state index contributed by atoms with van der Waals surface area (Å²) in [6.45, 7) is 1.88. The van der Waals surface area contributed by atoms with Crippen molar-refractivity contribution in [1.29, 1.82) is 0 Å². The van der Waals surface area contributed by atoms with Crippen molar-refractivity contribution < 1.29 is 4.79 Å². The van der Waals surface area contributed by atoms with Gasteiger partial charge in [0.25, 0.3) is 0 Å². The average Bonchev–Trinajstić information content (AvgIpc) is 2.03. The Hall–Kier alpha value is -0.960. The Kier molecular flexibility index (Phi) is 6.19. The van der Waals surface area contributed by atoms with E-state index in [0.29, 0.717) is 0 Å². The molecular weight excluding hydrogens is 170 g/mol. The highest BCUT2D eigenvalue weighted by molar-refractivity contribution is 7.84. The minimum Gasteiger partial charge on any atom is -0.356 e. The number of hydrogen-bond acceptors (Lipinski definition) is 2. The van der Waals surface area contributed by atoms with Crippen molar-refractivity contribution in [3.63, 3.8) is 0 Å². The second kappa shape index (κ2) is 6.73. The Balaban J connectivity index is 3.82. The van der Waals surface area contributed by atoms with Crippen LogP contribution in [0.1, 0.15) is 6.92 Å². The summed E-state index contributed by atoms with van der Waals surface area (Å²) < 4.78 is 0. The van der Waals surface area contributed by atoms with Gasteiger partial charge in [0.2, 0.25) is 5.91 Å². The van der Waals surface area contributed by atoms with Crippen LogP contribution < -0.4 is 5.32 Å². The molecule has 1 amide bonds. The lowest BCUT2D eigenvalue weighted by Gasteiger charge is -1.85. The van der Waals surface area contributed by atoms with Crippen LogP contribution in [0.15, 0.2) is 35.3 Å². The molecule has 66 valence electrons. The predicted molar refractivity (Wildman–Crippen MR) is 55.1 cm³/mol. The Morgan fingerprint density at radius 2 is 2.00 bits per heavy atom. The Morgan fingerprint density at radius 1 is 1.33 bits per heavy atom. The number of amides is 1. The Bertz CT molecular complexity index is 225. The maximum atomic E-state index is 10.6. The minimum atomic E-state index is -0.105. The van der Waals surface area contributed by atoms with Crippen LogP contribution >= 0.6 is 12.6 Å². The molecule has 0 unspecified atom stereocenters. The molecule has 0 bridgehead atoms. The summed E-state index contributed by atoms with van der Waals surface area (Å²) >= 11 is 4.07. The number of nitrogens with one attached hydrogen (secondary N) is 1. The standard InChI is InChI=1S/C9H13NOS/c1-8(12)6-4-3-5-7-9(11)10-2/h3-7,12H,1-2H3,(H,10,11)/b4-3-,7-5+,8-6+. The maximum absolute atomic E-state index is 10.6. The molecule has 0 aromatic carbocycles. The van der Waals surface area contributed by atoms with E-state index >= 15 is 0 Å². The lowest BCUT2D eigenvalue weighted by Crippen LogP contribution is -2.13. The molecular formula is C9H13NOS. The Labute approximate surface area is 78.5 Å². The zero-order chi connectivity index (χ0) is 9.40. The van der Waals surface area contributed by atoms with Crippen LogP contribution in [0.4, 0.5) is 0 Å². The van der Waals surface area contributed by atoms with Gasteiger partial charge < -0.3 is 5.32 Å². The summed E-state index contributed by atoms with van der Waals surface area (Å²) in [5.41, 5.74) is 0. The second-order valence-corrected chi connectivity index (χ2v) is 2.87. The summed E-state index contributed by atoms with van der Waals surface area (Å²) in [7, 11) is 1.59. The normalized spacial score (nSPS) is 12.8. The van der Waals surface area contributed by atoms with Crippen molar-refractivity contribution in [3.8, 4) is 0 Å². The largest absolute Gasteiger partial charge is 0.356 e. The SMILES string of the molecule is CNC(=O)/C=C/C=C\C=C(/C)S. The molecule has 0 saturated heterocycles. The average molecular weight is 183 g/mol. The van der Waals surface area contributed by atoms with Gasteiger partial charge >= 0.3 is 0 Å². The predicted octanol–water partition coefficient (Wildman–Crippen LogP) is 1.68. The first kappa shape index (κ1) is 11.0. The van der Waals surface area contributed by atoms with Gasteiger partial charge in [0.15, 0.2) is 0 Å². The Morgan fingerprint density at radius 3 is 2.50 bits per heavy atom. The number of thiol groups is 1. The second-order valence-electron chi connectivity index (χ2n) is 2.17. The summed E-state index contributed by atoms with van der Waals surface area (Å²) in [6.07, 6.45) is 8.57. The summed E-state index contributed by atoms with van der Waals surface area (Å²) in [5, 5.41) is 2.47. The zero-order valence-electron chi connectivity index (χ0n) is 7.24. The van der Waals surface area contributed by atoms with E-state index in [1.165, 1.54) is 6.08 Å². The third-order valence-electron chi connectivity index (χ3n) is 1.05. The molecule has 3 heteroatoms. The van der Waals surface area contributed by atoms with Crippen molar-refractivity contribution in [1.82, 2.24) is 5.32 Å². The van der Waals surface area contributed by atoms with E-state index in [2.05, 4.69) is 17.9 Å². The first-order chi connectivity index (χ1) is 5.66. The van der Waals surface area contributed by atoms with Gasteiger partial charge in [-0.1, -0.05) is 24.3 Å². The van der Waals surface area contributed by atoms with E-state index in [0.717, 1.165) is 4.91 Å². The van der Waals surface area contributed by atoms with E-state index in [1.807, 2.05) is 19.1 Å². The molecule has 0 aliphatic rings. The number of carbonyl (C=O) groups excluding carboxylic acids is 1. The molecule has 0 aromatic rings. The van der Waals surface area contributed by atoms with Gasteiger partial charge in [-0.25, -0.2) is 0 Å². The monoisotopic (exact) mass is 183 g/mol. The fourth-order valence-electron chi connectivity index (χ4n) is 0.485. The van der Waals surface area contributed by atoms with Gasteiger partial charge in [-0.05, 0) is 11.8 Å². The first-order valence-corrected chi connectivity index (χ1v) is 4.04. The van der Waals surface area contributed by atoms with Crippen LogP contribution in [0.2, 0.25) is 0 Å². The molecule has 0 aromatic heterocycles. The molecule has 1 N–H and O–H groups in total. The topological polar surface area (TPSA) is 29.1 Å². The first-order valence-electron chi connectivity index (χ1n) is 3.59. The van der Waals surface area contributed by atoms with Gasteiger partial charge in [-0.3, -0.25) is 4.79 Å². The van der Waals surface area contributed by atoms with E-state index in [-0.39, 0.29) is 5.91 Å². The van der Waals surface area contributed by atoms with Crippen molar-refractivity contribution in [2.45, 2.75) is 6.92 Å². The maximum Gasteiger partial charge on any atom is 0.243 e. The fourth-order valence-corrected chi connectivity index (χ4v) is 0.571. The van der Waals surface area contributed by atoms with Crippen molar-refractivity contribution in [2.75, 3.05) is 7.05 Å². The molecule has 0 spiro atoms. The lowest BCUT2D eigenvalue weighted by molar-refractivity contribution is -0.116. The van der Waals surface area contributed by atoms with Gasteiger partial charge in [0.05, 0.1) is 0 Å². The number of rotatable bonds is 3. The molecule has 0 heterocycles. The summed E-state index contributed by atoms with van der Waals surface area (Å²) in [4.78, 5) is 11.6. The number of likely N-dealkylation sites (N-methyl/N-ethyl adjacent to an activating group) is 1. The van der Waals surface area contributed by atoms with Crippen molar-refractivity contribution >= 4 is 18.5 Å². The smallest absolute Gasteiger partial charge is 0.243 e. The third-order valence-corrected chi connectivity index (χ3v) is 1.20. The molecule has 12 heavy (non-hydrogen) atoms. The molecule has 0 rings (SSSR count). The third kappa shape index (κ3) is 7.15. The van der Waals surface area contributed by atoms with Crippen LogP contribution in [0.5, 0.6) is 0 Å². The number of allylic oxidation sites excluding steroid dienone is 5. The molecule has 0 fully saturated rings. The fraction of sp³-hybridized carbons (Fsp3) is 0.222. The zero-order valence-corrected chi connectivity index (χ0v) is 8.14. The minimum absolute atomic E-state index is 0.105. The molecule has 0 aliphatic carbocycles. The van der Waals surface area contributed by atoms with Gasteiger partial charge in [-0.2, -0.15) is 0 Å². The summed E-state index contributed by atoms with van der Waals surface area (Å²) in [5.74, 6) is -0.105. The lowest BCUT2D eigenvalue weighted by atomic mass is 10.4. The highest BCUT2D eigenvalue weighted by Crippen LogP contribution is 1.96. The number of hydrogen-bond donors (Lipinski definition) is 2. The van der Waals surface area contributed by atoms with Crippen molar-refractivity contribution in [2.24, 2.45) is 0 Å². The molecule has 0 saturated carbocycles. The highest BCUT2D eigenvalue weighted by atomic mass is 32.1. The molecule has 0 aliphatic heterocycles. The van der Waals surface area contributed by atoms with Crippen LogP contribution in [0, 0.1) is 0 Å².